The van der Waals surface area contributed by atoms with Gasteiger partial charge in [0.2, 0.25) is 9.47 Å². The fourth-order valence-corrected chi connectivity index (χ4v) is 3.64. The summed E-state index contributed by atoms with van der Waals surface area (Å²) in [5.41, 5.74) is 3.63. The largest absolute Gasteiger partial charge is 0.378 e. The smallest absolute Gasteiger partial charge is 0.267 e. The molecule has 0 bridgehead atoms. The van der Waals surface area contributed by atoms with E-state index >= 15 is 0 Å². The maximum Gasteiger partial charge on any atom is 0.267 e. The first-order valence-corrected chi connectivity index (χ1v) is 10.6. The van der Waals surface area contributed by atoms with Gasteiger partial charge in [-0.3, -0.25) is 0 Å². The number of anilines is 1. The maximum absolute atomic E-state index is 11.4. The lowest BCUT2D eigenvalue weighted by atomic mass is 10.1. The van der Waals surface area contributed by atoms with Crippen LogP contribution in [0.5, 0.6) is 0 Å². The van der Waals surface area contributed by atoms with Crippen LogP contribution in [0.25, 0.3) is 6.08 Å². The van der Waals surface area contributed by atoms with Crippen molar-refractivity contribution in [2.45, 2.75) is 4.34 Å². The Kier molecular flexibility index (Phi) is 5.98. The van der Waals surface area contributed by atoms with E-state index in [4.69, 9.17) is 5.14 Å². The van der Waals surface area contributed by atoms with Crippen molar-refractivity contribution in [1.82, 2.24) is 10.2 Å². The molecule has 2 N–H and O–H groups in total. The fourth-order valence-electron chi connectivity index (χ4n) is 2.33. The van der Waals surface area contributed by atoms with E-state index in [0.29, 0.717) is 5.71 Å². The highest BCUT2D eigenvalue weighted by molar-refractivity contribution is 7.91. The van der Waals surface area contributed by atoms with Crippen LogP contribution < -0.4 is 10.0 Å². The van der Waals surface area contributed by atoms with Crippen LogP contribution >= 0.6 is 11.3 Å². The summed E-state index contributed by atoms with van der Waals surface area (Å²) >= 11 is 0.828. The average Bonchev–Trinajstić information content (AvgIpc) is 3.15. The van der Waals surface area contributed by atoms with Crippen molar-refractivity contribution in [2.24, 2.45) is 10.1 Å². The summed E-state index contributed by atoms with van der Waals surface area (Å²) in [7, 11) is 0.0827. The number of benzene rings is 2. The van der Waals surface area contributed by atoms with Crippen LogP contribution in [0.2, 0.25) is 0 Å². The number of primary sulfonamides is 1. The van der Waals surface area contributed by atoms with Crippen molar-refractivity contribution in [1.29, 1.82) is 0 Å². The van der Waals surface area contributed by atoms with Crippen molar-refractivity contribution in [3.8, 4) is 0 Å². The number of rotatable bonds is 6. The van der Waals surface area contributed by atoms with Crippen LogP contribution in [0.3, 0.4) is 0 Å². The minimum absolute atomic E-state index is 0.218. The minimum Gasteiger partial charge on any atom is -0.378 e. The Bertz CT molecular complexity index is 1100. The van der Waals surface area contributed by atoms with Gasteiger partial charge in [0.05, 0.1) is 5.71 Å². The lowest BCUT2D eigenvalue weighted by Gasteiger charge is -2.11. The van der Waals surface area contributed by atoms with Gasteiger partial charge in [-0.2, -0.15) is 0 Å². The number of sulfonamides is 1. The van der Waals surface area contributed by atoms with Crippen molar-refractivity contribution in [2.75, 3.05) is 19.0 Å². The van der Waals surface area contributed by atoms with Crippen LogP contribution in [0, 0.1) is 0 Å². The number of aromatic nitrogens is 2. The summed E-state index contributed by atoms with van der Waals surface area (Å²) < 4.78 is 22.6. The molecule has 0 atom stereocenters. The Morgan fingerprint density at radius 3 is 2.32 bits per heavy atom. The van der Waals surface area contributed by atoms with E-state index in [0.717, 1.165) is 28.2 Å². The monoisotopic (exact) mass is 413 g/mol. The summed E-state index contributed by atoms with van der Waals surface area (Å²) in [6.45, 7) is 0. The van der Waals surface area contributed by atoms with Gasteiger partial charge in [-0.05, 0) is 23.8 Å². The highest BCUT2D eigenvalue weighted by Gasteiger charge is 2.15. The molecule has 0 saturated heterocycles. The molecule has 0 fully saturated rings. The molecule has 0 aliphatic carbocycles. The highest BCUT2D eigenvalue weighted by Crippen LogP contribution is 2.23. The molecule has 0 saturated carbocycles. The van der Waals surface area contributed by atoms with Crippen molar-refractivity contribution in [3.63, 3.8) is 0 Å². The van der Waals surface area contributed by atoms with Gasteiger partial charge in [0, 0.05) is 25.3 Å². The topological polar surface area (TPSA) is 102 Å². The second-order valence-electron chi connectivity index (χ2n) is 6.08. The van der Waals surface area contributed by atoms with E-state index < -0.39 is 10.0 Å². The summed E-state index contributed by atoms with van der Waals surface area (Å²) in [5, 5.41) is 12.7. The molecule has 3 aromatic rings. The van der Waals surface area contributed by atoms with Gasteiger partial charge >= 0.3 is 0 Å². The predicted molar refractivity (Wildman–Crippen MR) is 114 cm³/mol. The zero-order valence-electron chi connectivity index (χ0n) is 15.4. The molecule has 3 rings (SSSR count). The molecule has 0 amide bonds. The van der Waals surface area contributed by atoms with Gasteiger partial charge in [0.25, 0.3) is 10.0 Å². The number of hydrogen-bond donors (Lipinski definition) is 1. The third kappa shape index (κ3) is 5.10. The summed E-state index contributed by atoms with van der Waals surface area (Å²) in [5.74, 6) is 0. The number of nitrogens with zero attached hydrogens (tertiary/aromatic N) is 4. The number of hydrogen-bond acceptors (Lipinski definition) is 7. The summed E-state index contributed by atoms with van der Waals surface area (Å²) in [4.78, 5) is 6.50. The first kappa shape index (κ1) is 19.9. The van der Waals surface area contributed by atoms with Gasteiger partial charge < -0.3 is 4.90 Å². The van der Waals surface area contributed by atoms with Crippen molar-refractivity contribution >= 4 is 44.0 Å². The van der Waals surface area contributed by atoms with Gasteiger partial charge in [-0.15, -0.1) is 10.2 Å². The molecule has 0 aliphatic rings. The molecule has 1 aromatic heterocycles. The lowest BCUT2D eigenvalue weighted by molar-refractivity contribution is 0.596. The first-order chi connectivity index (χ1) is 13.3. The molecular weight excluding hydrogens is 394 g/mol. The molecule has 0 spiro atoms. The van der Waals surface area contributed by atoms with E-state index in [-0.39, 0.29) is 9.47 Å². The van der Waals surface area contributed by atoms with Crippen molar-refractivity contribution in [3.05, 3.63) is 71.8 Å². The molecule has 144 valence electrons. The standard InChI is InChI=1S/C19H19N5O2S2/c1-24(2)16-11-8-14(9-12-16)10-13-17(15-6-4-3-5-7-15)21-18-22-23-19(27-18)28(20,25)26/h3-13H,1-2H3,(H2,20,25,26)/b13-10+,21-17-. The van der Waals surface area contributed by atoms with E-state index in [2.05, 4.69) is 15.2 Å². The van der Waals surface area contributed by atoms with Gasteiger partial charge in [0.15, 0.2) is 0 Å². The molecule has 0 aliphatic heterocycles. The molecule has 0 unspecified atom stereocenters. The normalized spacial score (nSPS) is 12.5. The molecule has 7 nitrogen and oxygen atoms in total. The van der Waals surface area contributed by atoms with Crippen LogP contribution in [-0.4, -0.2) is 38.4 Å². The predicted octanol–water partition coefficient (Wildman–Crippen LogP) is 3.09. The van der Waals surface area contributed by atoms with Gasteiger partial charge in [0.1, 0.15) is 0 Å². The molecule has 9 heteroatoms. The van der Waals surface area contributed by atoms with Gasteiger partial charge in [-0.1, -0.05) is 59.9 Å². The highest BCUT2D eigenvalue weighted by atomic mass is 32.2. The third-order valence-electron chi connectivity index (χ3n) is 3.77. The van der Waals surface area contributed by atoms with Gasteiger partial charge in [-0.25, -0.2) is 18.5 Å². The van der Waals surface area contributed by atoms with Crippen LogP contribution in [0.4, 0.5) is 10.8 Å². The second-order valence-corrected chi connectivity index (χ2v) is 8.77. The Morgan fingerprint density at radius 1 is 1.07 bits per heavy atom. The Labute approximate surface area is 167 Å². The quantitative estimate of drug-likeness (QED) is 0.626. The molecular formula is C19H19N5O2S2. The first-order valence-electron chi connectivity index (χ1n) is 8.29. The maximum atomic E-state index is 11.4. The zero-order chi connectivity index (χ0) is 20.1. The zero-order valence-corrected chi connectivity index (χ0v) is 17.0. The summed E-state index contributed by atoms with van der Waals surface area (Å²) in [6.07, 6.45) is 3.80. The molecule has 1 heterocycles. The lowest BCUT2D eigenvalue weighted by Crippen LogP contribution is -2.11. The average molecular weight is 414 g/mol. The number of aliphatic imine (C=N–C) groups is 1. The SMILES string of the molecule is CN(C)c1ccc(/C=C/C(=N/c2nnc(S(N)(=O)=O)s2)c2ccccc2)cc1. The molecule has 0 radical (unpaired) electrons. The van der Waals surface area contributed by atoms with Crippen LogP contribution in [0.15, 0.2) is 70.0 Å². The number of allylic oxidation sites excluding steroid dienone is 1. The van der Waals surface area contributed by atoms with E-state index in [9.17, 15) is 8.42 Å². The molecule has 2 aromatic carbocycles. The third-order valence-corrected chi connectivity index (χ3v) is 5.90. The van der Waals surface area contributed by atoms with Crippen LogP contribution in [-0.2, 0) is 10.0 Å². The Hall–Kier alpha value is -2.88. The van der Waals surface area contributed by atoms with Crippen molar-refractivity contribution < 1.29 is 8.42 Å². The fraction of sp³-hybridized carbons (Fsp3) is 0.105. The van der Waals surface area contributed by atoms with Crippen LogP contribution in [0.1, 0.15) is 11.1 Å². The van der Waals surface area contributed by atoms with E-state index in [1.807, 2.05) is 85.7 Å². The minimum atomic E-state index is -3.90. The Morgan fingerprint density at radius 2 is 1.75 bits per heavy atom. The Balaban J connectivity index is 1.95. The number of nitrogens with two attached hydrogens (primary N) is 1. The van der Waals surface area contributed by atoms with E-state index in [1.54, 1.807) is 0 Å². The summed E-state index contributed by atoms with van der Waals surface area (Å²) in [6, 6.07) is 17.6. The molecule has 28 heavy (non-hydrogen) atoms. The van der Waals surface area contributed by atoms with E-state index in [1.165, 1.54) is 0 Å². The second kappa shape index (κ2) is 8.42.